The summed E-state index contributed by atoms with van der Waals surface area (Å²) in [5.74, 6) is 0. The van der Waals surface area contributed by atoms with Crippen LogP contribution in [-0.4, -0.2) is 37.0 Å². The maximum absolute atomic E-state index is 12.2. The second-order valence-electron chi connectivity index (χ2n) is 6.38. The van der Waals surface area contributed by atoms with Crippen LogP contribution < -0.4 is 5.32 Å². The maximum atomic E-state index is 12.2. The SMILES string of the molecule is CN(C)Cc1ccc(CNC(=O)N(C)Cc2cccc(C#N)c2)cc1. The Morgan fingerprint density at radius 2 is 1.68 bits per heavy atom. The number of amides is 2. The van der Waals surface area contributed by atoms with Crippen LogP contribution in [0.1, 0.15) is 22.3 Å². The van der Waals surface area contributed by atoms with Gasteiger partial charge in [0.2, 0.25) is 0 Å². The van der Waals surface area contributed by atoms with E-state index in [-0.39, 0.29) is 6.03 Å². The van der Waals surface area contributed by atoms with Gasteiger partial charge in [-0.1, -0.05) is 36.4 Å². The molecule has 5 heteroatoms. The highest BCUT2D eigenvalue weighted by molar-refractivity contribution is 5.73. The number of nitrogens with zero attached hydrogens (tertiary/aromatic N) is 3. The van der Waals surface area contributed by atoms with Crippen molar-refractivity contribution in [3.05, 3.63) is 70.8 Å². The smallest absolute Gasteiger partial charge is 0.317 e. The van der Waals surface area contributed by atoms with Crippen molar-refractivity contribution in [1.82, 2.24) is 15.1 Å². The van der Waals surface area contributed by atoms with E-state index in [4.69, 9.17) is 5.26 Å². The molecule has 1 N–H and O–H groups in total. The number of carbonyl (C=O) groups is 1. The molecular weight excluding hydrogens is 312 g/mol. The fourth-order valence-electron chi connectivity index (χ4n) is 2.53. The summed E-state index contributed by atoms with van der Waals surface area (Å²) in [6, 6.07) is 17.5. The van der Waals surface area contributed by atoms with Crippen LogP contribution in [-0.2, 0) is 19.6 Å². The van der Waals surface area contributed by atoms with E-state index in [2.05, 4.69) is 28.4 Å². The van der Waals surface area contributed by atoms with Crippen LogP contribution in [0.2, 0.25) is 0 Å². The monoisotopic (exact) mass is 336 g/mol. The molecule has 0 aromatic heterocycles. The Labute approximate surface area is 149 Å². The lowest BCUT2D eigenvalue weighted by atomic mass is 10.1. The first-order valence-corrected chi connectivity index (χ1v) is 8.18. The number of carbonyl (C=O) groups excluding carboxylic acids is 1. The topological polar surface area (TPSA) is 59.4 Å². The lowest BCUT2D eigenvalue weighted by Gasteiger charge is -2.18. The van der Waals surface area contributed by atoms with Crippen molar-refractivity contribution in [1.29, 1.82) is 5.26 Å². The molecule has 0 saturated carbocycles. The molecule has 0 spiro atoms. The molecule has 2 amide bonds. The van der Waals surface area contributed by atoms with Crippen LogP contribution in [0.5, 0.6) is 0 Å². The number of urea groups is 1. The molecule has 25 heavy (non-hydrogen) atoms. The number of rotatable bonds is 6. The molecule has 130 valence electrons. The largest absolute Gasteiger partial charge is 0.334 e. The van der Waals surface area contributed by atoms with Gasteiger partial charge in [-0.2, -0.15) is 5.26 Å². The molecule has 2 aromatic rings. The number of nitrogens with one attached hydrogen (secondary N) is 1. The first-order chi connectivity index (χ1) is 12.0. The van der Waals surface area contributed by atoms with Gasteiger partial charge in [-0.3, -0.25) is 0 Å². The molecule has 0 aliphatic carbocycles. The second-order valence-corrected chi connectivity index (χ2v) is 6.38. The van der Waals surface area contributed by atoms with E-state index in [1.807, 2.05) is 38.4 Å². The zero-order chi connectivity index (χ0) is 18.2. The third-order valence-corrected chi connectivity index (χ3v) is 3.79. The molecule has 5 nitrogen and oxygen atoms in total. The summed E-state index contributed by atoms with van der Waals surface area (Å²) >= 11 is 0. The highest BCUT2D eigenvalue weighted by atomic mass is 16.2. The van der Waals surface area contributed by atoms with E-state index in [1.165, 1.54) is 5.56 Å². The predicted octanol–water partition coefficient (Wildman–Crippen LogP) is 2.96. The molecule has 0 bridgehead atoms. The highest BCUT2D eigenvalue weighted by Crippen LogP contribution is 2.08. The molecule has 0 saturated heterocycles. The van der Waals surface area contributed by atoms with Gasteiger partial charge in [0.25, 0.3) is 0 Å². The van der Waals surface area contributed by atoms with Gasteiger partial charge >= 0.3 is 6.03 Å². The second kappa shape index (κ2) is 8.86. The van der Waals surface area contributed by atoms with Crippen molar-refractivity contribution in [2.24, 2.45) is 0 Å². The Morgan fingerprint density at radius 1 is 1.00 bits per heavy atom. The van der Waals surface area contributed by atoms with E-state index in [9.17, 15) is 4.79 Å². The van der Waals surface area contributed by atoms with Crippen molar-refractivity contribution >= 4 is 6.03 Å². The lowest BCUT2D eigenvalue weighted by molar-refractivity contribution is 0.206. The van der Waals surface area contributed by atoms with Crippen molar-refractivity contribution in [3.63, 3.8) is 0 Å². The van der Waals surface area contributed by atoms with Crippen molar-refractivity contribution in [2.45, 2.75) is 19.6 Å². The van der Waals surface area contributed by atoms with Crippen LogP contribution >= 0.6 is 0 Å². The fraction of sp³-hybridized carbons (Fsp3) is 0.300. The van der Waals surface area contributed by atoms with Crippen molar-refractivity contribution < 1.29 is 4.79 Å². The number of hydrogen-bond acceptors (Lipinski definition) is 3. The summed E-state index contributed by atoms with van der Waals surface area (Å²) in [5.41, 5.74) is 3.85. The molecule has 0 aliphatic rings. The summed E-state index contributed by atoms with van der Waals surface area (Å²) in [5, 5.41) is 11.9. The third kappa shape index (κ3) is 5.94. The standard InChI is InChI=1S/C20H24N4O/c1-23(2)14-17-9-7-16(8-10-17)13-22-20(25)24(3)15-19-6-4-5-18(11-19)12-21/h4-11H,13-15H2,1-3H3,(H,22,25). The third-order valence-electron chi connectivity index (χ3n) is 3.79. The highest BCUT2D eigenvalue weighted by Gasteiger charge is 2.09. The van der Waals surface area contributed by atoms with Gasteiger partial charge in [-0.25, -0.2) is 4.79 Å². The van der Waals surface area contributed by atoms with Gasteiger partial charge in [-0.15, -0.1) is 0 Å². The van der Waals surface area contributed by atoms with Crippen LogP contribution in [0.4, 0.5) is 4.79 Å². The number of benzene rings is 2. The molecule has 0 atom stereocenters. The number of hydrogen-bond donors (Lipinski definition) is 1. The zero-order valence-corrected chi connectivity index (χ0v) is 15.0. The van der Waals surface area contributed by atoms with Gasteiger partial charge in [0, 0.05) is 26.7 Å². The van der Waals surface area contributed by atoms with Crippen molar-refractivity contribution in [2.75, 3.05) is 21.1 Å². The lowest BCUT2D eigenvalue weighted by Crippen LogP contribution is -2.36. The molecule has 0 aliphatic heterocycles. The van der Waals surface area contributed by atoms with Gasteiger partial charge in [0.1, 0.15) is 0 Å². The zero-order valence-electron chi connectivity index (χ0n) is 15.0. The molecule has 2 rings (SSSR count). The minimum absolute atomic E-state index is 0.139. The summed E-state index contributed by atoms with van der Waals surface area (Å²) in [4.78, 5) is 16.0. The molecular formula is C20H24N4O. The van der Waals surface area contributed by atoms with Gasteiger partial charge in [0.05, 0.1) is 11.6 Å². The summed E-state index contributed by atoms with van der Waals surface area (Å²) < 4.78 is 0. The predicted molar refractivity (Wildman–Crippen MR) is 98.7 cm³/mol. The molecule has 0 heterocycles. The maximum Gasteiger partial charge on any atom is 0.317 e. The van der Waals surface area contributed by atoms with E-state index in [0.29, 0.717) is 18.7 Å². The average Bonchev–Trinajstić information content (AvgIpc) is 2.60. The van der Waals surface area contributed by atoms with Crippen LogP contribution in [0.15, 0.2) is 48.5 Å². The Balaban J connectivity index is 1.85. The Hall–Kier alpha value is -2.84. The van der Waals surface area contributed by atoms with E-state index < -0.39 is 0 Å². The molecule has 2 aromatic carbocycles. The van der Waals surface area contributed by atoms with Gasteiger partial charge in [-0.05, 0) is 42.9 Å². The summed E-state index contributed by atoms with van der Waals surface area (Å²) in [6.45, 7) is 1.85. The fourth-order valence-corrected chi connectivity index (χ4v) is 2.53. The first kappa shape index (κ1) is 18.5. The van der Waals surface area contributed by atoms with Crippen LogP contribution in [0, 0.1) is 11.3 Å². The average molecular weight is 336 g/mol. The summed E-state index contributed by atoms with van der Waals surface area (Å²) in [7, 11) is 5.82. The van der Waals surface area contributed by atoms with Gasteiger partial charge < -0.3 is 15.1 Å². The van der Waals surface area contributed by atoms with Crippen LogP contribution in [0.3, 0.4) is 0 Å². The molecule has 0 radical (unpaired) electrons. The minimum atomic E-state index is -0.139. The molecule has 0 fully saturated rings. The Morgan fingerprint density at radius 3 is 2.32 bits per heavy atom. The van der Waals surface area contributed by atoms with Gasteiger partial charge in [0.15, 0.2) is 0 Å². The minimum Gasteiger partial charge on any atom is -0.334 e. The normalized spacial score (nSPS) is 10.4. The van der Waals surface area contributed by atoms with Crippen LogP contribution in [0.25, 0.3) is 0 Å². The van der Waals surface area contributed by atoms with E-state index in [1.54, 1.807) is 24.1 Å². The van der Waals surface area contributed by atoms with E-state index in [0.717, 1.165) is 17.7 Å². The summed E-state index contributed by atoms with van der Waals surface area (Å²) in [6.07, 6.45) is 0. The van der Waals surface area contributed by atoms with E-state index >= 15 is 0 Å². The van der Waals surface area contributed by atoms with Crippen molar-refractivity contribution in [3.8, 4) is 6.07 Å². The first-order valence-electron chi connectivity index (χ1n) is 8.18. The Bertz CT molecular complexity index is 747. The molecule has 0 unspecified atom stereocenters. The quantitative estimate of drug-likeness (QED) is 0.882. The number of nitriles is 1. The Kier molecular flexibility index (Phi) is 6.55.